The molecule has 0 unspecified atom stereocenters. The number of aliphatic hydroxyl groups excluding tert-OH is 1. The van der Waals surface area contributed by atoms with Crippen molar-refractivity contribution in [2.45, 2.75) is 57.8 Å². The highest BCUT2D eigenvalue weighted by Crippen LogP contribution is 2.20. The van der Waals surface area contributed by atoms with E-state index in [2.05, 4.69) is 32.4 Å². The lowest BCUT2D eigenvalue weighted by atomic mass is 10.1. The van der Waals surface area contributed by atoms with E-state index >= 15 is 0 Å². The molecule has 2 nitrogen and oxygen atoms in total. The molecule has 0 radical (unpaired) electrons. The molecule has 1 N–H and O–H groups in total. The van der Waals surface area contributed by atoms with Crippen LogP contribution >= 0.6 is 22.6 Å². The van der Waals surface area contributed by atoms with Crippen LogP contribution in [0.1, 0.15) is 57.8 Å². The molecule has 0 bridgehead atoms. The molecule has 0 atom stereocenters. The van der Waals surface area contributed by atoms with E-state index in [9.17, 15) is 0 Å². The van der Waals surface area contributed by atoms with E-state index in [0.717, 1.165) is 13.0 Å². The van der Waals surface area contributed by atoms with Crippen molar-refractivity contribution in [1.82, 2.24) is 0 Å². The molecule has 3 heteroatoms. The number of quaternary nitrogens is 1. The van der Waals surface area contributed by atoms with Gasteiger partial charge in [-0.3, -0.25) is 0 Å². The third-order valence-electron chi connectivity index (χ3n) is 4.29. The Hall–Kier alpha value is 0.210. The van der Waals surface area contributed by atoms with E-state index in [4.69, 9.17) is 5.11 Å². The van der Waals surface area contributed by atoms with Crippen molar-refractivity contribution in [3.8, 4) is 9.85 Å². The predicted molar refractivity (Wildman–Crippen MR) is 90.2 cm³/mol. The van der Waals surface area contributed by atoms with Gasteiger partial charge in [0.05, 0.1) is 19.6 Å². The first-order valence-corrected chi connectivity index (χ1v) is 8.95. The largest absolute Gasteiger partial charge is 0.396 e. The van der Waals surface area contributed by atoms with Crippen LogP contribution in [0.3, 0.4) is 0 Å². The summed E-state index contributed by atoms with van der Waals surface area (Å²) in [6.45, 7) is 5.43. The van der Waals surface area contributed by atoms with Crippen LogP contribution in [0.15, 0.2) is 0 Å². The van der Waals surface area contributed by atoms with Crippen molar-refractivity contribution in [2.24, 2.45) is 0 Å². The summed E-state index contributed by atoms with van der Waals surface area (Å²) in [6.07, 6.45) is 11.7. The van der Waals surface area contributed by atoms with Crippen molar-refractivity contribution >= 4 is 22.6 Å². The van der Waals surface area contributed by atoms with Crippen LogP contribution in [0.2, 0.25) is 0 Å². The Morgan fingerprint density at radius 1 is 0.895 bits per heavy atom. The van der Waals surface area contributed by atoms with Crippen molar-refractivity contribution < 1.29 is 9.59 Å². The number of unbranched alkanes of at least 4 members (excludes halogenated alkanes) is 5. The highest BCUT2D eigenvalue weighted by Gasteiger charge is 2.28. The maximum atomic E-state index is 8.74. The van der Waals surface area contributed by atoms with E-state index in [-0.39, 0.29) is 0 Å². The van der Waals surface area contributed by atoms with E-state index in [1.54, 1.807) is 0 Å². The lowest BCUT2D eigenvalue weighted by Crippen LogP contribution is -2.52. The van der Waals surface area contributed by atoms with Crippen molar-refractivity contribution in [2.75, 3.05) is 32.8 Å². The summed E-state index contributed by atoms with van der Waals surface area (Å²) in [6, 6.07) is 0. The van der Waals surface area contributed by atoms with Gasteiger partial charge in [0.15, 0.2) is 0 Å². The summed E-state index contributed by atoms with van der Waals surface area (Å²) in [4.78, 5) is 0. The van der Waals surface area contributed by atoms with Gasteiger partial charge in [0.25, 0.3) is 0 Å². The quantitative estimate of drug-likeness (QED) is 0.281. The maximum Gasteiger partial charge on any atom is 0.141 e. The number of hydrogen-bond donors (Lipinski definition) is 1. The van der Waals surface area contributed by atoms with Gasteiger partial charge < -0.3 is 9.59 Å². The molecule has 0 aromatic rings. The van der Waals surface area contributed by atoms with Crippen molar-refractivity contribution in [3.63, 3.8) is 0 Å². The average Bonchev–Trinajstić information content (AvgIpc) is 2.45. The molecular formula is C16H29INO+. The summed E-state index contributed by atoms with van der Waals surface area (Å²) in [5, 5.41) is 8.74. The zero-order valence-corrected chi connectivity index (χ0v) is 14.3. The van der Waals surface area contributed by atoms with Gasteiger partial charge in [0.1, 0.15) is 6.54 Å². The number of halogens is 1. The molecule has 0 amide bonds. The minimum atomic E-state index is 0.356. The highest BCUT2D eigenvalue weighted by atomic mass is 127. The molecule has 1 fully saturated rings. The van der Waals surface area contributed by atoms with Gasteiger partial charge in [-0.15, -0.1) is 0 Å². The molecule has 1 heterocycles. The fraction of sp³-hybridized carbons (Fsp3) is 0.875. The second-order valence-corrected chi connectivity index (χ2v) is 6.39. The fourth-order valence-electron chi connectivity index (χ4n) is 3.11. The van der Waals surface area contributed by atoms with E-state index < -0.39 is 0 Å². The summed E-state index contributed by atoms with van der Waals surface area (Å²) in [5.74, 6) is 3.31. The van der Waals surface area contributed by atoms with Gasteiger partial charge in [0.2, 0.25) is 0 Å². The normalized spacial score (nSPS) is 17.8. The van der Waals surface area contributed by atoms with Crippen LogP contribution < -0.4 is 0 Å². The Kier molecular flexibility index (Phi) is 9.93. The molecule has 0 aromatic carbocycles. The smallest absolute Gasteiger partial charge is 0.141 e. The topological polar surface area (TPSA) is 20.2 Å². The lowest BCUT2D eigenvalue weighted by Gasteiger charge is -2.40. The molecule has 0 aromatic heterocycles. The molecule has 1 rings (SSSR count). The van der Waals surface area contributed by atoms with Crippen LogP contribution in [0.5, 0.6) is 0 Å². The van der Waals surface area contributed by atoms with E-state index in [1.807, 2.05) is 0 Å². The minimum Gasteiger partial charge on any atom is -0.396 e. The van der Waals surface area contributed by atoms with E-state index in [1.165, 1.54) is 75.5 Å². The molecule has 1 aliphatic heterocycles. The summed E-state index contributed by atoms with van der Waals surface area (Å²) in [7, 11) is 0. The Balaban J connectivity index is 2.19. The zero-order chi connectivity index (χ0) is 13.8. The Morgan fingerprint density at radius 3 is 2.16 bits per heavy atom. The molecule has 1 saturated heterocycles. The first-order chi connectivity index (χ1) is 9.33. The fourth-order valence-corrected chi connectivity index (χ4v) is 3.28. The minimum absolute atomic E-state index is 0.356. The number of likely N-dealkylation sites (tertiary alicyclic amines) is 1. The molecule has 1 aliphatic rings. The lowest BCUT2D eigenvalue weighted by molar-refractivity contribution is -0.926. The third kappa shape index (κ3) is 7.53. The Morgan fingerprint density at radius 2 is 1.53 bits per heavy atom. The third-order valence-corrected chi connectivity index (χ3v) is 4.67. The molecule has 110 valence electrons. The van der Waals surface area contributed by atoms with Crippen LogP contribution in [-0.2, 0) is 0 Å². The number of rotatable bonds is 9. The zero-order valence-electron chi connectivity index (χ0n) is 12.2. The number of piperidine rings is 1. The molecule has 0 spiro atoms. The van der Waals surface area contributed by atoms with Gasteiger partial charge >= 0.3 is 0 Å². The van der Waals surface area contributed by atoms with Crippen LogP contribution in [-0.4, -0.2) is 42.4 Å². The first-order valence-electron chi connectivity index (χ1n) is 7.87. The number of nitrogens with zero attached hydrogens (tertiary/aromatic N) is 1. The monoisotopic (exact) mass is 378 g/mol. The van der Waals surface area contributed by atoms with Crippen molar-refractivity contribution in [3.05, 3.63) is 0 Å². The SMILES string of the molecule is OCCCCCCCC[N+]1(CC#CI)CCCCC1. The van der Waals surface area contributed by atoms with Gasteiger partial charge in [0, 0.05) is 29.2 Å². The van der Waals surface area contributed by atoms with Gasteiger partial charge in [-0.05, 0) is 48.4 Å². The molecule has 19 heavy (non-hydrogen) atoms. The Bertz CT molecular complexity index is 276. The number of hydrogen-bond acceptors (Lipinski definition) is 1. The van der Waals surface area contributed by atoms with Gasteiger partial charge in [-0.25, -0.2) is 0 Å². The molecule has 0 aliphatic carbocycles. The highest BCUT2D eigenvalue weighted by molar-refractivity contribution is 14.1. The summed E-state index contributed by atoms with van der Waals surface area (Å²) >= 11 is 2.16. The number of aliphatic hydroxyl groups is 1. The maximum absolute atomic E-state index is 8.74. The summed E-state index contributed by atoms with van der Waals surface area (Å²) in [5.41, 5.74) is 0. The Labute approximate surface area is 132 Å². The van der Waals surface area contributed by atoms with Crippen LogP contribution in [0.4, 0.5) is 0 Å². The molecule has 0 saturated carbocycles. The van der Waals surface area contributed by atoms with Crippen molar-refractivity contribution in [1.29, 1.82) is 0 Å². The predicted octanol–water partition coefficient (Wildman–Crippen LogP) is 3.72. The van der Waals surface area contributed by atoms with Crippen LogP contribution in [0.25, 0.3) is 0 Å². The summed E-state index contributed by atoms with van der Waals surface area (Å²) < 4.78 is 4.30. The van der Waals surface area contributed by atoms with E-state index in [0.29, 0.717) is 6.61 Å². The second kappa shape index (κ2) is 10.9. The van der Waals surface area contributed by atoms with Gasteiger partial charge in [-0.1, -0.05) is 19.3 Å². The first kappa shape index (κ1) is 17.3. The average molecular weight is 378 g/mol. The van der Waals surface area contributed by atoms with Crippen LogP contribution in [0, 0.1) is 9.85 Å². The van der Waals surface area contributed by atoms with Gasteiger partial charge in [-0.2, -0.15) is 0 Å². The second-order valence-electron chi connectivity index (χ2n) is 5.85. The standard InChI is InChI=1S/C16H29INO/c17-11-10-15-18(13-7-5-8-14-18)12-6-3-1-2-4-9-16-19/h19H,1-9,12-16H2/q+1. The molecular weight excluding hydrogens is 349 g/mol.